The van der Waals surface area contributed by atoms with Crippen molar-refractivity contribution in [2.45, 2.75) is 30.9 Å². The Bertz CT molecular complexity index is 319. The van der Waals surface area contributed by atoms with Crippen LogP contribution in [0.2, 0.25) is 0 Å². The Kier molecular flexibility index (Phi) is 2.74. The van der Waals surface area contributed by atoms with Crippen molar-refractivity contribution in [2.75, 3.05) is 5.75 Å². The van der Waals surface area contributed by atoms with Crippen LogP contribution in [0.3, 0.4) is 0 Å². The lowest BCUT2D eigenvalue weighted by Gasteiger charge is -2.28. The predicted molar refractivity (Wildman–Crippen MR) is 67.1 cm³/mol. The molecule has 0 unspecified atom stereocenters. The van der Waals surface area contributed by atoms with Crippen molar-refractivity contribution in [1.29, 1.82) is 0 Å². The van der Waals surface area contributed by atoms with Gasteiger partial charge in [0.15, 0.2) is 0 Å². The van der Waals surface area contributed by atoms with Crippen LogP contribution in [0.1, 0.15) is 36.5 Å². The summed E-state index contributed by atoms with van der Waals surface area (Å²) in [6, 6.07) is 11.1. The molecule has 1 aromatic carbocycles. The Labute approximate surface area is 96.5 Å². The number of hydrogen-bond acceptors (Lipinski definition) is 1. The van der Waals surface area contributed by atoms with Crippen LogP contribution in [0.4, 0.5) is 0 Å². The molecular formula is C14H18S. The lowest BCUT2D eigenvalue weighted by atomic mass is 9.77. The van der Waals surface area contributed by atoms with Crippen LogP contribution in [-0.2, 0) is 0 Å². The Morgan fingerprint density at radius 3 is 2.67 bits per heavy atom. The van der Waals surface area contributed by atoms with E-state index >= 15 is 0 Å². The molecule has 0 radical (unpaired) electrons. The van der Waals surface area contributed by atoms with Gasteiger partial charge in [0.25, 0.3) is 0 Å². The maximum atomic E-state index is 2.31. The fourth-order valence-electron chi connectivity index (χ4n) is 3.18. The Morgan fingerprint density at radius 2 is 1.80 bits per heavy atom. The normalized spacial score (nSPS) is 35.1. The van der Waals surface area contributed by atoms with Crippen molar-refractivity contribution in [3.05, 3.63) is 35.9 Å². The van der Waals surface area contributed by atoms with Gasteiger partial charge in [-0.05, 0) is 36.0 Å². The lowest BCUT2D eigenvalue weighted by molar-refractivity contribution is 0.271. The quantitative estimate of drug-likeness (QED) is 0.678. The predicted octanol–water partition coefficient (Wildman–Crippen LogP) is 4.28. The molecule has 0 aromatic heterocycles. The summed E-state index contributed by atoms with van der Waals surface area (Å²) in [5.41, 5.74) is 1.57. The maximum absolute atomic E-state index is 2.31. The molecule has 0 bridgehead atoms. The van der Waals surface area contributed by atoms with Crippen molar-refractivity contribution in [2.24, 2.45) is 11.8 Å². The van der Waals surface area contributed by atoms with Gasteiger partial charge in [0.2, 0.25) is 0 Å². The van der Waals surface area contributed by atoms with Crippen LogP contribution in [0.15, 0.2) is 30.3 Å². The molecule has 3 atom stereocenters. The summed E-state index contributed by atoms with van der Waals surface area (Å²) in [6.45, 7) is 0. The van der Waals surface area contributed by atoms with Crippen molar-refractivity contribution in [1.82, 2.24) is 0 Å². The third-order valence-electron chi connectivity index (χ3n) is 3.97. The van der Waals surface area contributed by atoms with Crippen molar-refractivity contribution in [3.8, 4) is 0 Å². The van der Waals surface area contributed by atoms with Gasteiger partial charge in [0.05, 0.1) is 0 Å². The second kappa shape index (κ2) is 4.21. The molecule has 1 heteroatoms. The summed E-state index contributed by atoms with van der Waals surface area (Å²) in [6.07, 6.45) is 5.90. The minimum absolute atomic E-state index is 0.802. The van der Waals surface area contributed by atoms with Gasteiger partial charge in [-0.1, -0.05) is 43.2 Å². The highest BCUT2D eigenvalue weighted by Crippen LogP contribution is 2.53. The van der Waals surface area contributed by atoms with E-state index in [-0.39, 0.29) is 0 Å². The third kappa shape index (κ3) is 1.82. The number of benzene rings is 1. The van der Waals surface area contributed by atoms with Gasteiger partial charge in [0.1, 0.15) is 0 Å². The summed E-state index contributed by atoms with van der Waals surface area (Å²) >= 11 is 2.20. The SMILES string of the molecule is c1ccc([C@H]2SC[C@@H]3CCCC[C@@H]32)cc1. The molecule has 1 saturated heterocycles. The van der Waals surface area contributed by atoms with E-state index in [4.69, 9.17) is 0 Å². The van der Waals surface area contributed by atoms with E-state index in [2.05, 4.69) is 42.1 Å². The smallest absolute Gasteiger partial charge is 0.0328 e. The minimum Gasteiger partial charge on any atom is -0.153 e. The fraction of sp³-hybridized carbons (Fsp3) is 0.571. The summed E-state index contributed by atoms with van der Waals surface area (Å²) in [5, 5.41) is 0.802. The highest BCUT2D eigenvalue weighted by molar-refractivity contribution is 7.99. The van der Waals surface area contributed by atoms with Crippen molar-refractivity contribution in [3.63, 3.8) is 0 Å². The summed E-state index contributed by atoms with van der Waals surface area (Å²) in [4.78, 5) is 0. The molecule has 0 nitrogen and oxygen atoms in total. The molecule has 1 saturated carbocycles. The van der Waals surface area contributed by atoms with Crippen LogP contribution < -0.4 is 0 Å². The largest absolute Gasteiger partial charge is 0.153 e. The van der Waals surface area contributed by atoms with Crippen LogP contribution in [0.5, 0.6) is 0 Å². The highest BCUT2D eigenvalue weighted by atomic mass is 32.2. The first-order chi connectivity index (χ1) is 7.45. The Hall–Kier alpha value is -0.430. The maximum Gasteiger partial charge on any atom is 0.0328 e. The number of fused-ring (bicyclic) bond motifs is 1. The van der Waals surface area contributed by atoms with Gasteiger partial charge in [-0.25, -0.2) is 0 Å². The molecule has 1 heterocycles. The molecule has 1 aromatic rings. The molecule has 0 N–H and O–H groups in total. The van der Waals surface area contributed by atoms with E-state index in [1.54, 1.807) is 5.56 Å². The van der Waals surface area contributed by atoms with Gasteiger partial charge in [-0.3, -0.25) is 0 Å². The van der Waals surface area contributed by atoms with Crippen LogP contribution in [-0.4, -0.2) is 5.75 Å². The second-order valence-corrected chi connectivity index (χ2v) is 6.05. The summed E-state index contributed by atoms with van der Waals surface area (Å²) in [5.74, 6) is 3.41. The molecule has 15 heavy (non-hydrogen) atoms. The molecule has 2 fully saturated rings. The summed E-state index contributed by atoms with van der Waals surface area (Å²) < 4.78 is 0. The first-order valence-corrected chi connectivity index (χ1v) is 7.16. The monoisotopic (exact) mass is 218 g/mol. The van der Waals surface area contributed by atoms with Gasteiger partial charge in [-0.15, -0.1) is 0 Å². The van der Waals surface area contributed by atoms with Crippen LogP contribution in [0, 0.1) is 11.8 Å². The zero-order chi connectivity index (χ0) is 10.1. The lowest BCUT2D eigenvalue weighted by Crippen LogP contribution is -2.18. The first-order valence-electron chi connectivity index (χ1n) is 6.12. The Morgan fingerprint density at radius 1 is 1.00 bits per heavy atom. The molecule has 80 valence electrons. The first kappa shape index (κ1) is 9.77. The minimum atomic E-state index is 0.802. The van der Waals surface area contributed by atoms with E-state index in [1.807, 2.05) is 0 Å². The van der Waals surface area contributed by atoms with E-state index in [9.17, 15) is 0 Å². The van der Waals surface area contributed by atoms with Gasteiger partial charge >= 0.3 is 0 Å². The number of rotatable bonds is 1. The molecule has 0 amide bonds. The van der Waals surface area contributed by atoms with E-state index < -0.39 is 0 Å². The van der Waals surface area contributed by atoms with Crippen molar-refractivity contribution < 1.29 is 0 Å². The van der Waals surface area contributed by atoms with Gasteiger partial charge in [-0.2, -0.15) is 11.8 Å². The van der Waals surface area contributed by atoms with E-state index in [1.165, 1.54) is 31.4 Å². The number of hydrogen-bond donors (Lipinski definition) is 0. The zero-order valence-corrected chi connectivity index (χ0v) is 9.88. The highest BCUT2D eigenvalue weighted by Gasteiger charge is 2.38. The average molecular weight is 218 g/mol. The van der Waals surface area contributed by atoms with E-state index in [0.29, 0.717) is 0 Å². The second-order valence-electron chi connectivity index (χ2n) is 4.87. The van der Waals surface area contributed by atoms with Crippen molar-refractivity contribution >= 4 is 11.8 Å². The fourth-order valence-corrected chi connectivity index (χ4v) is 5.00. The standard InChI is InChI=1S/C14H18S/c1-2-6-11(7-3-1)14-13-9-5-4-8-12(13)10-15-14/h1-3,6-7,12-14H,4-5,8-10H2/t12-,13-,14+/m0/s1. The molecule has 0 spiro atoms. The Balaban J connectivity index is 1.82. The molecule has 1 aliphatic heterocycles. The summed E-state index contributed by atoms with van der Waals surface area (Å²) in [7, 11) is 0. The third-order valence-corrected chi connectivity index (χ3v) is 5.58. The number of thioether (sulfide) groups is 1. The molecular weight excluding hydrogens is 200 g/mol. The molecule has 3 rings (SSSR count). The topological polar surface area (TPSA) is 0 Å². The van der Waals surface area contributed by atoms with Gasteiger partial charge in [0, 0.05) is 5.25 Å². The molecule has 2 aliphatic rings. The average Bonchev–Trinajstić information content (AvgIpc) is 2.74. The van der Waals surface area contributed by atoms with Crippen LogP contribution >= 0.6 is 11.8 Å². The van der Waals surface area contributed by atoms with Crippen LogP contribution in [0.25, 0.3) is 0 Å². The molecule has 1 aliphatic carbocycles. The van der Waals surface area contributed by atoms with Gasteiger partial charge < -0.3 is 0 Å². The zero-order valence-electron chi connectivity index (χ0n) is 9.06. The van der Waals surface area contributed by atoms with E-state index in [0.717, 1.165) is 17.1 Å².